The highest BCUT2D eigenvalue weighted by atomic mass is 16.5. The number of piperazine rings is 1. The number of hydrogen-bond acceptors (Lipinski definition) is 9. The molecule has 1 aromatic heterocycles. The van der Waals surface area contributed by atoms with Gasteiger partial charge in [-0.1, -0.05) is 0 Å². The zero-order chi connectivity index (χ0) is 22.6. The van der Waals surface area contributed by atoms with Crippen LogP contribution in [0.1, 0.15) is 17.3 Å². The van der Waals surface area contributed by atoms with E-state index < -0.39 is 0 Å². The van der Waals surface area contributed by atoms with Crippen LogP contribution in [0.25, 0.3) is 0 Å². The molecule has 0 amide bonds. The molecule has 0 unspecified atom stereocenters. The van der Waals surface area contributed by atoms with E-state index >= 15 is 0 Å². The normalized spacial score (nSPS) is 19.7. The quantitative estimate of drug-likeness (QED) is 0.630. The Morgan fingerprint density at radius 2 is 1.18 bits per heavy atom. The van der Waals surface area contributed by atoms with Crippen LogP contribution in [0, 0.1) is 0 Å². The maximum Gasteiger partial charge on any atom is 0.229 e. The number of Topliss-reactive ketones (excluding diaryl/α,β-unsaturated/α-hetero) is 1. The molecule has 1 aromatic carbocycles. The number of nitrogens with zero attached hydrogens (tertiary/aromatic N) is 6. The first-order chi connectivity index (χ1) is 16.2. The zero-order valence-corrected chi connectivity index (χ0v) is 19.3. The van der Waals surface area contributed by atoms with Crippen LogP contribution in [-0.4, -0.2) is 94.5 Å². The number of rotatable bonds is 5. The fourth-order valence-corrected chi connectivity index (χ4v) is 4.53. The average Bonchev–Trinajstić information content (AvgIpc) is 2.89. The smallest absolute Gasteiger partial charge is 0.229 e. The first-order valence-electron chi connectivity index (χ1n) is 11.8. The van der Waals surface area contributed by atoms with Crippen LogP contribution in [0.3, 0.4) is 0 Å². The topological polar surface area (TPSA) is 74.3 Å². The van der Waals surface area contributed by atoms with E-state index in [0.29, 0.717) is 13.2 Å². The Morgan fingerprint density at radius 1 is 0.697 bits per heavy atom. The minimum atomic E-state index is 0.0993. The molecule has 2 aromatic rings. The second-order valence-electron chi connectivity index (χ2n) is 8.66. The average molecular weight is 453 g/mol. The van der Waals surface area contributed by atoms with Crippen LogP contribution in [0.5, 0.6) is 0 Å². The first kappa shape index (κ1) is 21.9. The summed E-state index contributed by atoms with van der Waals surface area (Å²) in [6.07, 6.45) is 0. The molecule has 0 aliphatic carbocycles. The molecule has 3 aliphatic heterocycles. The van der Waals surface area contributed by atoms with Crippen molar-refractivity contribution in [2.24, 2.45) is 0 Å². The summed E-state index contributed by atoms with van der Waals surface area (Å²) in [6, 6.07) is 10.1. The Labute approximate surface area is 194 Å². The van der Waals surface area contributed by atoms with E-state index in [4.69, 9.17) is 19.4 Å². The summed E-state index contributed by atoms with van der Waals surface area (Å²) < 4.78 is 11.1. The van der Waals surface area contributed by atoms with Crippen molar-refractivity contribution in [2.75, 3.05) is 98.4 Å². The van der Waals surface area contributed by atoms with Gasteiger partial charge in [-0.25, -0.2) is 0 Å². The van der Waals surface area contributed by atoms with Gasteiger partial charge < -0.3 is 29.1 Å². The monoisotopic (exact) mass is 452 g/mol. The van der Waals surface area contributed by atoms with Gasteiger partial charge in [0, 0.05) is 69.7 Å². The van der Waals surface area contributed by atoms with Gasteiger partial charge in [-0.15, -0.1) is 0 Å². The summed E-state index contributed by atoms with van der Waals surface area (Å²) >= 11 is 0. The van der Waals surface area contributed by atoms with Crippen LogP contribution >= 0.6 is 0 Å². The molecule has 3 saturated heterocycles. The predicted molar refractivity (Wildman–Crippen MR) is 129 cm³/mol. The Bertz CT molecular complexity index is 913. The number of anilines is 4. The van der Waals surface area contributed by atoms with Gasteiger partial charge in [-0.05, 0) is 31.2 Å². The maximum absolute atomic E-state index is 11.6. The van der Waals surface area contributed by atoms with Crippen LogP contribution in [0.4, 0.5) is 23.3 Å². The van der Waals surface area contributed by atoms with Crippen molar-refractivity contribution in [3.05, 3.63) is 35.9 Å². The number of carbonyl (C=O) groups excluding carboxylic acids is 1. The highest BCUT2D eigenvalue weighted by Gasteiger charge is 2.24. The second-order valence-corrected chi connectivity index (χ2v) is 8.66. The number of morpholine rings is 2. The number of carbonyl (C=O) groups is 1. The Kier molecular flexibility index (Phi) is 6.59. The van der Waals surface area contributed by atoms with Gasteiger partial charge in [-0.3, -0.25) is 4.79 Å². The SMILES string of the molecule is CC(=O)c1ccc(N2CCN(c3cc(N4CCOCC4)nc(N4CCOCC4)n3)CC2)cc1. The van der Waals surface area contributed by atoms with Crippen LogP contribution < -0.4 is 19.6 Å². The van der Waals surface area contributed by atoms with Crippen molar-refractivity contribution in [1.29, 1.82) is 0 Å². The third-order valence-corrected chi connectivity index (χ3v) is 6.56. The molecule has 176 valence electrons. The summed E-state index contributed by atoms with van der Waals surface area (Å²) in [7, 11) is 0. The second kappa shape index (κ2) is 9.93. The summed E-state index contributed by atoms with van der Waals surface area (Å²) in [6.45, 7) is 11.4. The molecular weight excluding hydrogens is 420 g/mol. The molecule has 9 nitrogen and oxygen atoms in total. The highest BCUT2D eigenvalue weighted by Crippen LogP contribution is 2.26. The van der Waals surface area contributed by atoms with Gasteiger partial charge in [0.15, 0.2) is 5.78 Å². The molecular formula is C24H32N6O3. The Morgan fingerprint density at radius 3 is 1.73 bits per heavy atom. The molecule has 4 heterocycles. The van der Waals surface area contributed by atoms with Gasteiger partial charge in [0.25, 0.3) is 0 Å². The summed E-state index contributed by atoms with van der Waals surface area (Å²) in [4.78, 5) is 30.7. The zero-order valence-electron chi connectivity index (χ0n) is 19.3. The molecule has 0 bridgehead atoms. The standard InChI is InChI=1S/C24H32N6O3/c1-19(31)20-2-4-21(5-3-20)27-6-8-28(9-7-27)22-18-23(29-10-14-32-15-11-29)26-24(25-22)30-12-16-33-17-13-30/h2-5,18H,6-17H2,1H3. The molecule has 3 fully saturated rings. The van der Waals surface area contributed by atoms with Gasteiger partial charge in [0.2, 0.25) is 5.95 Å². The third kappa shape index (κ3) is 5.04. The number of benzene rings is 1. The number of aromatic nitrogens is 2. The van der Waals surface area contributed by atoms with Gasteiger partial charge in [-0.2, -0.15) is 9.97 Å². The van der Waals surface area contributed by atoms with Crippen molar-refractivity contribution in [3.63, 3.8) is 0 Å². The molecule has 0 atom stereocenters. The molecule has 0 radical (unpaired) electrons. The number of hydrogen-bond donors (Lipinski definition) is 0. The minimum Gasteiger partial charge on any atom is -0.378 e. The van der Waals surface area contributed by atoms with Gasteiger partial charge >= 0.3 is 0 Å². The highest BCUT2D eigenvalue weighted by molar-refractivity contribution is 5.94. The lowest BCUT2D eigenvalue weighted by Crippen LogP contribution is -2.47. The summed E-state index contributed by atoms with van der Waals surface area (Å²) in [5.41, 5.74) is 1.91. The van der Waals surface area contributed by atoms with Crippen LogP contribution in [0.2, 0.25) is 0 Å². The van der Waals surface area contributed by atoms with E-state index in [9.17, 15) is 4.79 Å². The third-order valence-electron chi connectivity index (χ3n) is 6.56. The molecule has 0 spiro atoms. The lowest BCUT2D eigenvalue weighted by Gasteiger charge is -2.38. The Hall–Kier alpha value is -2.91. The molecule has 0 saturated carbocycles. The van der Waals surface area contributed by atoms with Crippen LogP contribution in [-0.2, 0) is 9.47 Å². The fourth-order valence-electron chi connectivity index (χ4n) is 4.53. The Balaban J connectivity index is 1.33. The van der Waals surface area contributed by atoms with Crippen molar-refractivity contribution < 1.29 is 14.3 Å². The molecule has 5 rings (SSSR count). The van der Waals surface area contributed by atoms with Crippen molar-refractivity contribution in [3.8, 4) is 0 Å². The van der Waals surface area contributed by atoms with Crippen molar-refractivity contribution >= 4 is 29.1 Å². The lowest BCUT2D eigenvalue weighted by molar-refractivity contribution is 0.101. The minimum absolute atomic E-state index is 0.0993. The molecule has 0 N–H and O–H groups in total. The largest absolute Gasteiger partial charge is 0.378 e. The van der Waals surface area contributed by atoms with Crippen LogP contribution in [0.15, 0.2) is 30.3 Å². The molecule has 9 heteroatoms. The summed E-state index contributed by atoms with van der Waals surface area (Å²) in [5, 5.41) is 0. The van der Waals surface area contributed by atoms with E-state index in [1.807, 2.05) is 24.3 Å². The van der Waals surface area contributed by atoms with E-state index in [-0.39, 0.29) is 5.78 Å². The van der Waals surface area contributed by atoms with Crippen molar-refractivity contribution in [1.82, 2.24) is 9.97 Å². The van der Waals surface area contributed by atoms with E-state index in [0.717, 1.165) is 94.4 Å². The van der Waals surface area contributed by atoms with E-state index in [2.05, 4.69) is 25.7 Å². The lowest BCUT2D eigenvalue weighted by atomic mass is 10.1. The van der Waals surface area contributed by atoms with Gasteiger partial charge in [0.05, 0.1) is 26.4 Å². The fraction of sp³-hybridized carbons (Fsp3) is 0.542. The molecule has 3 aliphatic rings. The predicted octanol–water partition coefficient (Wildman–Crippen LogP) is 1.68. The number of ketones is 1. The van der Waals surface area contributed by atoms with Gasteiger partial charge in [0.1, 0.15) is 11.6 Å². The number of ether oxygens (including phenoxy) is 2. The maximum atomic E-state index is 11.6. The molecule has 33 heavy (non-hydrogen) atoms. The van der Waals surface area contributed by atoms with E-state index in [1.165, 1.54) is 0 Å². The first-order valence-corrected chi connectivity index (χ1v) is 11.8. The van der Waals surface area contributed by atoms with E-state index in [1.54, 1.807) is 6.92 Å². The summed E-state index contributed by atoms with van der Waals surface area (Å²) in [5.74, 6) is 2.86. The van der Waals surface area contributed by atoms with Crippen molar-refractivity contribution in [2.45, 2.75) is 6.92 Å².